The number of nitrogens with one attached hydrogen (secondary N) is 1. The molecule has 2 rings (SSSR count). The van der Waals surface area contributed by atoms with E-state index < -0.39 is 11.7 Å². The van der Waals surface area contributed by atoms with E-state index in [9.17, 15) is 13.2 Å². The van der Waals surface area contributed by atoms with Crippen molar-refractivity contribution in [3.63, 3.8) is 0 Å². The molecule has 20 heavy (non-hydrogen) atoms. The van der Waals surface area contributed by atoms with Gasteiger partial charge in [0.25, 0.3) is 0 Å². The minimum atomic E-state index is -4.36. The Morgan fingerprint density at radius 1 is 1.05 bits per heavy atom. The number of benzene rings is 2. The molecular formula is C14H10BrF3N2. The van der Waals surface area contributed by atoms with Crippen LogP contribution in [-0.4, -0.2) is 6.21 Å². The van der Waals surface area contributed by atoms with E-state index in [1.807, 2.05) is 24.3 Å². The van der Waals surface area contributed by atoms with Crippen molar-refractivity contribution < 1.29 is 13.2 Å². The first-order valence-electron chi connectivity index (χ1n) is 5.68. The molecule has 2 aromatic rings. The molecule has 6 heteroatoms. The van der Waals surface area contributed by atoms with Crippen LogP contribution < -0.4 is 5.43 Å². The molecule has 0 aliphatic heterocycles. The molecule has 0 aliphatic carbocycles. The number of hydrazone groups is 1. The Morgan fingerprint density at radius 2 is 1.80 bits per heavy atom. The first kappa shape index (κ1) is 14.6. The largest absolute Gasteiger partial charge is 0.416 e. The minimum absolute atomic E-state index is 0.281. The summed E-state index contributed by atoms with van der Waals surface area (Å²) in [4.78, 5) is 0. The average molecular weight is 343 g/mol. The van der Waals surface area contributed by atoms with Gasteiger partial charge in [-0.05, 0) is 24.3 Å². The summed E-state index contributed by atoms with van der Waals surface area (Å²) in [5.41, 5.74) is 2.98. The highest BCUT2D eigenvalue weighted by Gasteiger charge is 2.30. The molecule has 2 aromatic carbocycles. The molecule has 0 heterocycles. The predicted octanol–water partition coefficient (Wildman–Crippen LogP) is 4.91. The molecule has 1 N–H and O–H groups in total. The molecule has 0 aromatic heterocycles. The lowest BCUT2D eigenvalue weighted by molar-refractivity contribution is -0.137. The van der Waals surface area contributed by atoms with Crippen LogP contribution in [0.2, 0.25) is 0 Å². The van der Waals surface area contributed by atoms with Crippen molar-refractivity contribution in [1.82, 2.24) is 0 Å². The Bertz CT molecular complexity index is 624. The molecule has 2 nitrogen and oxygen atoms in total. The van der Waals surface area contributed by atoms with E-state index >= 15 is 0 Å². The van der Waals surface area contributed by atoms with Crippen molar-refractivity contribution >= 4 is 27.8 Å². The topological polar surface area (TPSA) is 24.4 Å². The van der Waals surface area contributed by atoms with Gasteiger partial charge in [-0.2, -0.15) is 18.3 Å². The number of alkyl halides is 3. The van der Waals surface area contributed by atoms with Crippen molar-refractivity contribution in [3.8, 4) is 0 Å². The number of anilines is 1. The SMILES string of the molecule is FC(F)(F)c1cccc(NN=Cc2ccccc2Br)c1. The minimum Gasteiger partial charge on any atom is -0.278 e. The second kappa shape index (κ2) is 6.09. The monoisotopic (exact) mass is 342 g/mol. The van der Waals surface area contributed by atoms with Crippen LogP contribution in [0.1, 0.15) is 11.1 Å². The molecule has 0 atom stereocenters. The summed E-state index contributed by atoms with van der Waals surface area (Å²) in [6.07, 6.45) is -2.83. The van der Waals surface area contributed by atoms with E-state index in [2.05, 4.69) is 26.5 Å². The van der Waals surface area contributed by atoms with Gasteiger partial charge in [0.2, 0.25) is 0 Å². The first-order chi connectivity index (χ1) is 9.47. The van der Waals surface area contributed by atoms with E-state index in [1.165, 1.54) is 18.3 Å². The highest BCUT2D eigenvalue weighted by atomic mass is 79.9. The van der Waals surface area contributed by atoms with Crippen molar-refractivity contribution in [1.29, 1.82) is 0 Å². The lowest BCUT2D eigenvalue weighted by atomic mass is 10.2. The van der Waals surface area contributed by atoms with Gasteiger partial charge in [0.05, 0.1) is 17.5 Å². The number of halogens is 4. The Morgan fingerprint density at radius 3 is 2.50 bits per heavy atom. The zero-order valence-corrected chi connectivity index (χ0v) is 11.7. The molecule has 0 spiro atoms. The fraction of sp³-hybridized carbons (Fsp3) is 0.0714. The summed E-state index contributed by atoms with van der Waals surface area (Å²) < 4.78 is 38.5. The quantitative estimate of drug-likeness (QED) is 0.621. The van der Waals surface area contributed by atoms with Crippen molar-refractivity contribution in [2.24, 2.45) is 5.10 Å². The Kier molecular flexibility index (Phi) is 4.44. The maximum Gasteiger partial charge on any atom is 0.416 e. The number of hydrogen-bond acceptors (Lipinski definition) is 2. The van der Waals surface area contributed by atoms with Gasteiger partial charge in [0.15, 0.2) is 0 Å². The second-order valence-electron chi connectivity index (χ2n) is 3.97. The Labute approximate surface area is 122 Å². The van der Waals surface area contributed by atoms with E-state index in [4.69, 9.17) is 0 Å². The second-order valence-corrected chi connectivity index (χ2v) is 4.82. The van der Waals surface area contributed by atoms with Crippen LogP contribution in [0.3, 0.4) is 0 Å². The lowest BCUT2D eigenvalue weighted by Crippen LogP contribution is -2.05. The third kappa shape index (κ3) is 3.84. The van der Waals surface area contributed by atoms with Gasteiger partial charge < -0.3 is 0 Å². The molecule has 0 saturated carbocycles. The Hall–Kier alpha value is -1.82. The molecule has 104 valence electrons. The normalized spacial score (nSPS) is 11.8. The molecule has 0 fully saturated rings. The molecule has 0 bridgehead atoms. The zero-order valence-electron chi connectivity index (χ0n) is 10.2. The van der Waals surface area contributed by atoms with E-state index in [1.54, 1.807) is 0 Å². The Balaban J connectivity index is 2.10. The van der Waals surface area contributed by atoms with E-state index in [-0.39, 0.29) is 5.69 Å². The molecular weight excluding hydrogens is 333 g/mol. The third-order valence-electron chi connectivity index (χ3n) is 2.49. The predicted molar refractivity (Wildman–Crippen MR) is 76.8 cm³/mol. The lowest BCUT2D eigenvalue weighted by Gasteiger charge is -2.08. The number of rotatable bonds is 3. The van der Waals surface area contributed by atoms with Crippen LogP contribution in [0.25, 0.3) is 0 Å². The summed E-state index contributed by atoms with van der Waals surface area (Å²) in [5, 5.41) is 3.92. The standard InChI is InChI=1S/C14H10BrF3N2/c15-13-7-2-1-4-10(13)9-19-20-12-6-3-5-11(8-12)14(16,17)18/h1-9,20H. The van der Waals surface area contributed by atoms with Gasteiger partial charge in [-0.1, -0.05) is 40.2 Å². The third-order valence-corrected chi connectivity index (χ3v) is 3.21. The number of nitrogens with zero attached hydrogens (tertiary/aromatic N) is 1. The first-order valence-corrected chi connectivity index (χ1v) is 6.47. The van der Waals surface area contributed by atoms with Crippen LogP contribution in [0.5, 0.6) is 0 Å². The highest BCUT2D eigenvalue weighted by Crippen LogP contribution is 2.30. The highest BCUT2D eigenvalue weighted by molar-refractivity contribution is 9.10. The van der Waals surface area contributed by atoms with Gasteiger partial charge in [-0.3, -0.25) is 5.43 Å². The van der Waals surface area contributed by atoms with Gasteiger partial charge >= 0.3 is 6.18 Å². The smallest absolute Gasteiger partial charge is 0.278 e. The van der Waals surface area contributed by atoms with E-state index in [0.717, 1.165) is 22.2 Å². The summed E-state index contributed by atoms with van der Waals surface area (Å²) in [6.45, 7) is 0. The zero-order chi connectivity index (χ0) is 14.6. The summed E-state index contributed by atoms with van der Waals surface area (Å²) in [6, 6.07) is 12.3. The molecule has 0 saturated heterocycles. The van der Waals surface area contributed by atoms with Crippen LogP contribution in [0, 0.1) is 0 Å². The fourth-order valence-corrected chi connectivity index (χ4v) is 1.91. The van der Waals surface area contributed by atoms with Crippen molar-refractivity contribution in [3.05, 3.63) is 64.1 Å². The van der Waals surface area contributed by atoms with Crippen LogP contribution in [0.4, 0.5) is 18.9 Å². The van der Waals surface area contributed by atoms with Crippen LogP contribution in [-0.2, 0) is 6.18 Å². The van der Waals surface area contributed by atoms with Crippen molar-refractivity contribution in [2.45, 2.75) is 6.18 Å². The van der Waals surface area contributed by atoms with Crippen LogP contribution >= 0.6 is 15.9 Å². The maximum atomic E-state index is 12.5. The summed E-state index contributed by atoms with van der Waals surface area (Å²) in [5.74, 6) is 0. The number of hydrogen-bond donors (Lipinski definition) is 1. The van der Waals surface area contributed by atoms with Gasteiger partial charge in [-0.15, -0.1) is 0 Å². The summed E-state index contributed by atoms with van der Waals surface area (Å²) in [7, 11) is 0. The maximum absolute atomic E-state index is 12.5. The van der Waals surface area contributed by atoms with Gasteiger partial charge in [-0.25, -0.2) is 0 Å². The van der Waals surface area contributed by atoms with Crippen LogP contribution in [0.15, 0.2) is 58.1 Å². The molecule has 0 unspecified atom stereocenters. The van der Waals surface area contributed by atoms with Crippen molar-refractivity contribution in [2.75, 3.05) is 5.43 Å². The molecule has 0 aliphatic rings. The molecule has 0 radical (unpaired) electrons. The fourth-order valence-electron chi connectivity index (χ4n) is 1.52. The van der Waals surface area contributed by atoms with Gasteiger partial charge in [0, 0.05) is 10.0 Å². The molecule has 0 amide bonds. The van der Waals surface area contributed by atoms with Gasteiger partial charge in [0.1, 0.15) is 0 Å². The van der Waals surface area contributed by atoms with E-state index in [0.29, 0.717) is 0 Å². The summed E-state index contributed by atoms with van der Waals surface area (Å²) >= 11 is 3.35. The average Bonchev–Trinajstić information content (AvgIpc) is 2.40.